The Morgan fingerprint density at radius 2 is 2.37 bits per heavy atom. The molecule has 3 nitrogen and oxygen atoms in total. The Balaban J connectivity index is 2.08. The van der Waals surface area contributed by atoms with Crippen molar-refractivity contribution in [2.45, 2.75) is 12.8 Å². The average Bonchev–Trinajstić information content (AvgIpc) is 2.87. The minimum absolute atomic E-state index is 0.0460. The number of benzene rings is 1. The van der Waals surface area contributed by atoms with Crippen LogP contribution in [0, 0.1) is 11.7 Å². The number of ether oxygens (including phenoxy) is 1. The van der Waals surface area contributed by atoms with Crippen LogP contribution in [-0.4, -0.2) is 36.3 Å². The first-order valence-electron chi connectivity index (χ1n) is 6.34. The lowest BCUT2D eigenvalue weighted by molar-refractivity contribution is 0.0786. The summed E-state index contributed by atoms with van der Waals surface area (Å²) in [5, 5.41) is 0.962. The van der Waals surface area contributed by atoms with Gasteiger partial charge in [-0.1, -0.05) is 15.9 Å². The third-order valence-electron chi connectivity index (χ3n) is 3.49. The van der Waals surface area contributed by atoms with Crippen molar-refractivity contribution < 1.29 is 13.9 Å². The Morgan fingerprint density at radius 3 is 3.05 bits per heavy atom. The molecular formula is C14H17BrFNO2. The van der Waals surface area contributed by atoms with E-state index >= 15 is 0 Å². The summed E-state index contributed by atoms with van der Waals surface area (Å²) in [6.07, 6.45) is 2.12. The highest BCUT2D eigenvalue weighted by Crippen LogP contribution is 2.24. The van der Waals surface area contributed by atoms with Crippen molar-refractivity contribution in [2.24, 2.45) is 5.92 Å². The molecule has 104 valence electrons. The van der Waals surface area contributed by atoms with E-state index in [2.05, 4.69) is 15.9 Å². The Kier molecular flexibility index (Phi) is 4.80. The lowest BCUT2D eigenvalue weighted by Crippen LogP contribution is -2.28. The molecule has 0 radical (unpaired) electrons. The first-order chi connectivity index (χ1) is 9.15. The average molecular weight is 330 g/mol. The summed E-state index contributed by atoms with van der Waals surface area (Å²) >= 11 is 3.43. The molecule has 1 aliphatic heterocycles. The van der Waals surface area contributed by atoms with Crippen LogP contribution in [0.5, 0.6) is 5.75 Å². The zero-order chi connectivity index (χ0) is 13.8. The van der Waals surface area contributed by atoms with Crippen LogP contribution in [0.2, 0.25) is 0 Å². The van der Waals surface area contributed by atoms with E-state index in [-0.39, 0.29) is 11.7 Å². The second-order valence-corrected chi connectivity index (χ2v) is 5.53. The van der Waals surface area contributed by atoms with Gasteiger partial charge >= 0.3 is 0 Å². The maximum absolute atomic E-state index is 13.3. The van der Waals surface area contributed by atoms with E-state index < -0.39 is 5.82 Å². The van der Waals surface area contributed by atoms with Crippen molar-refractivity contribution >= 4 is 21.8 Å². The third-order valence-corrected chi connectivity index (χ3v) is 3.95. The smallest absolute Gasteiger partial charge is 0.254 e. The fraction of sp³-hybridized carbons (Fsp3) is 0.500. The Labute approximate surface area is 120 Å². The lowest BCUT2D eigenvalue weighted by atomic mass is 10.1. The van der Waals surface area contributed by atoms with Gasteiger partial charge in [-0.3, -0.25) is 4.79 Å². The molecule has 1 unspecified atom stereocenters. The van der Waals surface area contributed by atoms with Crippen molar-refractivity contribution in [2.75, 3.05) is 25.5 Å². The topological polar surface area (TPSA) is 29.5 Å². The van der Waals surface area contributed by atoms with Crippen LogP contribution < -0.4 is 4.74 Å². The summed E-state index contributed by atoms with van der Waals surface area (Å²) in [5.41, 5.74) is 0.484. The molecule has 0 aromatic heterocycles. The molecule has 1 fully saturated rings. The van der Waals surface area contributed by atoms with Crippen molar-refractivity contribution in [3.05, 3.63) is 29.6 Å². The summed E-state index contributed by atoms with van der Waals surface area (Å²) in [6.45, 7) is 1.56. The molecule has 0 saturated carbocycles. The van der Waals surface area contributed by atoms with Crippen LogP contribution in [0.4, 0.5) is 4.39 Å². The highest BCUT2D eigenvalue weighted by Gasteiger charge is 2.26. The van der Waals surface area contributed by atoms with Gasteiger partial charge in [-0.05, 0) is 37.0 Å². The highest BCUT2D eigenvalue weighted by molar-refractivity contribution is 9.09. The van der Waals surface area contributed by atoms with Gasteiger partial charge in [0.2, 0.25) is 0 Å². The van der Waals surface area contributed by atoms with E-state index in [0.29, 0.717) is 11.5 Å². The molecule has 1 atom stereocenters. The number of carbonyl (C=O) groups is 1. The number of methoxy groups -OCH3 is 1. The van der Waals surface area contributed by atoms with Crippen LogP contribution in [0.15, 0.2) is 18.2 Å². The third kappa shape index (κ3) is 3.26. The van der Waals surface area contributed by atoms with Crippen LogP contribution >= 0.6 is 15.9 Å². The van der Waals surface area contributed by atoms with Crippen molar-refractivity contribution in [3.63, 3.8) is 0 Å². The maximum Gasteiger partial charge on any atom is 0.254 e. The van der Waals surface area contributed by atoms with Crippen molar-refractivity contribution in [3.8, 4) is 5.75 Å². The second kappa shape index (κ2) is 6.37. The second-order valence-electron chi connectivity index (χ2n) is 4.73. The van der Waals surface area contributed by atoms with Gasteiger partial charge in [0.05, 0.1) is 7.11 Å². The standard InChI is InChI=1S/C14H17BrFNO2/c1-19-13-8-11(2-3-12(13)16)14(18)17-7-5-10(9-17)4-6-15/h2-3,8,10H,4-7,9H2,1H3. The Hall–Kier alpha value is -1.10. The van der Waals surface area contributed by atoms with Gasteiger partial charge in [-0.2, -0.15) is 0 Å². The van der Waals surface area contributed by atoms with Gasteiger partial charge < -0.3 is 9.64 Å². The van der Waals surface area contributed by atoms with Gasteiger partial charge in [0.15, 0.2) is 11.6 Å². The molecule has 0 aliphatic carbocycles. The van der Waals surface area contributed by atoms with Crippen LogP contribution in [0.1, 0.15) is 23.2 Å². The molecule has 19 heavy (non-hydrogen) atoms. The Morgan fingerprint density at radius 1 is 1.58 bits per heavy atom. The molecule has 5 heteroatoms. The molecule has 0 spiro atoms. The number of hydrogen-bond acceptors (Lipinski definition) is 2. The van der Waals surface area contributed by atoms with Crippen LogP contribution in [0.25, 0.3) is 0 Å². The van der Waals surface area contributed by atoms with Gasteiger partial charge in [0.1, 0.15) is 0 Å². The summed E-state index contributed by atoms with van der Waals surface area (Å²) in [7, 11) is 1.40. The molecule has 0 bridgehead atoms. The van der Waals surface area contributed by atoms with Gasteiger partial charge in [-0.25, -0.2) is 4.39 Å². The summed E-state index contributed by atoms with van der Waals surface area (Å²) in [6, 6.07) is 4.26. The fourth-order valence-electron chi connectivity index (χ4n) is 2.38. The van der Waals surface area contributed by atoms with Crippen LogP contribution in [0.3, 0.4) is 0 Å². The number of carbonyl (C=O) groups excluding carboxylic acids is 1. The zero-order valence-corrected chi connectivity index (χ0v) is 12.5. The number of halogens is 2. The zero-order valence-electron chi connectivity index (χ0n) is 10.9. The van der Waals surface area contributed by atoms with Gasteiger partial charge in [-0.15, -0.1) is 0 Å². The predicted molar refractivity (Wildman–Crippen MR) is 75.4 cm³/mol. The number of alkyl halides is 1. The predicted octanol–water partition coefficient (Wildman–Crippen LogP) is 3.08. The highest BCUT2D eigenvalue weighted by atomic mass is 79.9. The minimum Gasteiger partial charge on any atom is -0.494 e. The molecule has 1 aliphatic rings. The first kappa shape index (κ1) is 14.3. The largest absolute Gasteiger partial charge is 0.494 e. The van der Waals surface area contributed by atoms with E-state index in [1.54, 1.807) is 0 Å². The first-order valence-corrected chi connectivity index (χ1v) is 7.46. The molecule has 1 aromatic carbocycles. The fourth-order valence-corrected chi connectivity index (χ4v) is 3.03. The van der Waals surface area contributed by atoms with E-state index in [9.17, 15) is 9.18 Å². The van der Waals surface area contributed by atoms with Crippen LogP contribution in [-0.2, 0) is 0 Å². The molecule has 1 aromatic rings. The molecule has 2 rings (SSSR count). The number of hydrogen-bond donors (Lipinski definition) is 0. The normalized spacial score (nSPS) is 18.7. The van der Waals surface area contributed by atoms with E-state index in [1.807, 2.05) is 4.90 Å². The quantitative estimate of drug-likeness (QED) is 0.794. The summed E-state index contributed by atoms with van der Waals surface area (Å²) in [4.78, 5) is 14.1. The van der Waals surface area contributed by atoms with Gasteiger partial charge in [0.25, 0.3) is 5.91 Å². The number of rotatable bonds is 4. The minimum atomic E-state index is -0.447. The summed E-state index contributed by atoms with van der Waals surface area (Å²) in [5.74, 6) is 0.181. The number of nitrogens with zero attached hydrogens (tertiary/aromatic N) is 1. The molecule has 1 heterocycles. The van der Waals surface area contributed by atoms with Crippen molar-refractivity contribution in [1.29, 1.82) is 0 Å². The van der Waals surface area contributed by atoms with E-state index in [1.165, 1.54) is 25.3 Å². The molecular weight excluding hydrogens is 313 g/mol. The maximum atomic E-state index is 13.3. The molecule has 1 saturated heterocycles. The van der Waals surface area contributed by atoms with E-state index in [4.69, 9.17) is 4.74 Å². The molecule has 0 N–H and O–H groups in total. The lowest BCUT2D eigenvalue weighted by Gasteiger charge is -2.17. The molecule has 1 amide bonds. The SMILES string of the molecule is COc1cc(C(=O)N2CCC(CCBr)C2)ccc1F. The van der Waals surface area contributed by atoms with Crippen molar-refractivity contribution in [1.82, 2.24) is 4.90 Å². The number of amides is 1. The summed E-state index contributed by atoms with van der Waals surface area (Å²) < 4.78 is 18.2. The van der Waals surface area contributed by atoms with E-state index in [0.717, 1.165) is 31.3 Å². The Bertz CT molecular complexity index is 467. The number of likely N-dealkylation sites (tertiary alicyclic amines) is 1. The van der Waals surface area contributed by atoms with Gasteiger partial charge in [0, 0.05) is 24.0 Å². The monoisotopic (exact) mass is 329 g/mol.